The van der Waals surface area contributed by atoms with Crippen molar-refractivity contribution >= 4 is 30.1 Å². The maximum Gasteiger partial charge on any atom is 0.530 e. The number of hydrogen-bond acceptors (Lipinski definition) is 3. The van der Waals surface area contributed by atoms with Crippen LogP contribution in [0.3, 0.4) is 0 Å². The van der Waals surface area contributed by atoms with E-state index < -0.39 is 8.60 Å². The van der Waals surface area contributed by atoms with Crippen LogP contribution in [0.25, 0.3) is 21.5 Å². The van der Waals surface area contributed by atoms with E-state index in [1.165, 1.54) is 27.5 Å². The summed E-state index contributed by atoms with van der Waals surface area (Å²) in [4.78, 5) is 0. The summed E-state index contributed by atoms with van der Waals surface area (Å²) in [5.74, 6) is 2.28. The van der Waals surface area contributed by atoms with Crippen molar-refractivity contribution < 1.29 is 13.6 Å². The van der Waals surface area contributed by atoms with Crippen molar-refractivity contribution in [2.75, 3.05) is 0 Å². The van der Waals surface area contributed by atoms with Crippen LogP contribution in [-0.4, -0.2) is 0 Å². The molecule has 0 N–H and O–H groups in total. The second-order valence-electron chi connectivity index (χ2n) is 19.1. The molecule has 0 atom stereocenters. The maximum absolute atomic E-state index is 6.98. The minimum atomic E-state index is -1.92. The molecule has 4 heteroatoms. The van der Waals surface area contributed by atoms with Gasteiger partial charge in [0.25, 0.3) is 0 Å². The third kappa shape index (κ3) is 8.66. The van der Waals surface area contributed by atoms with Crippen LogP contribution in [-0.2, 0) is 27.1 Å². The van der Waals surface area contributed by atoms with E-state index in [0.717, 1.165) is 39.1 Å². The molecule has 266 valence electrons. The van der Waals surface area contributed by atoms with Gasteiger partial charge in [0.2, 0.25) is 0 Å². The van der Waals surface area contributed by atoms with Crippen molar-refractivity contribution in [2.45, 2.75) is 131 Å². The lowest BCUT2D eigenvalue weighted by atomic mass is 9.83. The Labute approximate surface area is 303 Å². The van der Waals surface area contributed by atoms with Crippen molar-refractivity contribution in [3.05, 3.63) is 113 Å². The molecule has 0 spiro atoms. The zero-order valence-corrected chi connectivity index (χ0v) is 34.1. The molecule has 0 unspecified atom stereocenters. The van der Waals surface area contributed by atoms with Crippen LogP contribution in [0.1, 0.15) is 132 Å². The van der Waals surface area contributed by atoms with Gasteiger partial charge < -0.3 is 13.6 Å². The predicted octanol–water partition coefficient (Wildman–Crippen LogP) is 14.2. The van der Waals surface area contributed by atoms with Gasteiger partial charge in [-0.3, -0.25) is 0 Å². The standard InChI is InChI=1S/C46H59O3P/c1-42(2,3)34-17-16-18-37(29-34)47-50(48-40-27-30-19-21-35(43(4,5)6)23-32(30)25-38(40)45(10,11)12)49-41-28-31-20-22-36(44(7,8)9)24-33(31)26-39(41)46(13,14)15/h16-29H,1-15H3. The van der Waals surface area contributed by atoms with Crippen molar-refractivity contribution in [1.29, 1.82) is 0 Å². The molecule has 0 saturated carbocycles. The smallest absolute Gasteiger partial charge is 0.408 e. The first-order valence-electron chi connectivity index (χ1n) is 18.0. The predicted molar refractivity (Wildman–Crippen MR) is 217 cm³/mol. The number of hydrogen-bond donors (Lipinski definition) is 0. The largest absolute Gasteiger partial charge is 0.530 e. The second-order valence-corrected chi connectivity index (χ2v) is 20.1. The highest BCUT2D eigenvalue weighted by atomic mass is 31.2. The Morgan fingerprint density at radius 1 is 0.360 bits per heavy atom. The van der Waals surface area contributed by atoms with Crippen LogP contribution in [0.2, 0.25) is 0 Å². The van der Waals surface area contributed by atoms with Gasteiger partial charge in [-0.25, -0.2) is 0 Å². The molecule has 50 heavy (non-hydrogen) atoms. The normalized spacial score (nSPS) is 13.3. The van der Waals surface area contributed by atoms with Gasteiger partial charge in [0.1, 0.15) is 17.2 Å². The number of fused-ring (bicyclic) bond motifs is 2. The summed E-state index contributed by atoms with van der Waals surface area (Å²) in [6.45, 7) is 33.6. The lowest BCUT2D eigenvalue weighted by Gasteiger charge is -2.28. The van der Waals surface area contributed by atoms with Crippen molar-refractivity contribution in [3.8, 4) is 17.2 Å². The fraction of sp³-hybridized carbons (Fsp3) is 0.435. The maximum atomic E-state index is 6.98. The molecule has 0 aliphatic carbocycles. The molecule has 0 aromatic heterocycles. The summed E-state index contributed by atoms with van der Waals surface area (Å²) >= 11 is 0. The van der Waals surface area contributed by atoms with E-state index >= 15 is 0 Å². The van der Waals surface area contributed by atoms with Crippen molar-refractivity contribution in [1.82, 2.24) is 0 Å². The van der Waals surface area contributed by atoms with Crippen molar-refractivity contribution in [3.63, 3.8) is 0 Å². The average molecular weight is 691 g/mol. The Morgan fingerprint density at radius 2 is 0.760 bits per heavy atom. The fourth-order valence-electron chi connectivity index (χ4n) is 6.13. The Morgan fingerprint density at radius 3 is 1.14 bits per heavy atom. The molecule has 5 aromatic rings. The number of benzene rings is 5. The molecule has 0 amide bonds. The van der Waals surface area contributed by atoms with Crippen LogP contribution < -0.4 is 13.6 Å². The van der Waals surface area contributed by atoms with Crippen LogP contribution >= 0.6 is 8.60 Å². The lowest BCUT2D eigenvalue weighted by molar-refractivity contribution is 0.377. The lowest BCUT2D eigenvalue weighted by Crippen LogP contribution is -2.16. The topological polar surface area (TPSA) is 27.7 Å². The fourth-order valence-corrected chi connectivity index (χ4v) is 7.15. The zero-order valence-electron chi connectivity index (χ0n) is 33.3. The molecule has 5 aromatic carbocycles. The first-order valence-corrected chi connectivity index (χ1v) is 19.1. The molecule has 0 fully saturated rings. The van der Waals surface area contributed by atoms with E-state index in [1.807, 2.05) is 6.07 Å². The van der Waals surface area contributed by atoms with Gasteiger partial charge in [-0.2, -0.15) is 0 Å². The Balaban J connectivity index is 1.66. The summed E-state index contributed by atoms with van der Waals surface area (Å²) in [7, 11) is -1.92. The highest BCUT2D eigenvalue weighted by Crippen LogP contribution is 2.49. The third-order valence-corrected chi connectivity index (χ3v) is 10.5. The Hall–Kier alpha value is -3.55. The van der Waals surface area contributed by atoms with Gasteiger partial charge in [-0.15, -0.1) is 0 Å². The van der Waals surface area contributed by atoms with E-state index in [2.05, 4.69) is 183 Å². The van der Waals surface area contributed by atoms with Crippen LogP contribution in [0.5, 0.6) is 17.2 Å². The highest BCUT2D eigenvalue weighted by molar-refractivity contribution is 7.43. The van der Waals surface area contributed by atoms with Crippen LogP contribution in [0.4, 0.5) is 0 Å². The van der Waals surface area contributed by atoms with Gasteiger partial charge in [-0.1, -0.05) is 152 Å². The van der Waals surface area contributed by atoms with E-state index in [0.29, 0.717) is 0 Å². The van der Waals surface area contributed by atoms with Gasteiger partial charge in [-0.05, 0) is 102 Å². The van der Waals surface area contributed by atoms with Crippen LogP contribution in [0.15, 0.2) is 84.9 Å². The van der Waals surface area contributed by atoms with Gasteiger partial charge in [0.15, 0.2) is 0 Å². The molecular weight excluding hydrogens is 631 g/mol. The molecule has 0 aliphatic heterocycles. The molecule has 0 radical (unpaired) electrons. The summed E-state index contributed by atoms with van der Waals surface area (Å²) in [5.41, 5.74) is 5.76. The second kappa shape index (κ2) is 13.2. The van der Waals surface area contributed by atoms with Gasteiger partial charge in [0.05, 0.1) is 0 Å². The zero-order chi connectivity index (χ0) is 37.0. The SMILES string of the molecule is CC(C)(C)c1cccc(OP(Oc2cc3ccc(C(C)(C)C)cc3cc2C(C)(C)C)Oc2cc3ccc(C(C)(C)C)cc3cc2C(C)(C)C)c1. The molecule has 5 rings (SSSR count). The molecule has 0 bridgehead atoms. The first kappa shape index (κ1) is 37.7. The van der Waals surface area contributed by atoms with E-state index in [-0.39, 0.29) is 27.1 Å². The minimum absolute atomic E-state index is 0.0306. The minimum Gasteiger partial charge on any atom is -0.408 e. The van der Waals surface area contributed by atoms with Crippen LogP contribution in [0, 0.1) is 0 Å². The molecule has 0 aliphatic rings. The summed E-state index contributed by atoms with van der Waals surface area (Å²) < 4.78 is 20.7. The first-order chi connectivity index (χ1) is 22.9. The molecule has 0 saturated heterocycles. The Kier molecular flexibility index (Phi) is 9.96. The molecular formula is C46H59O3P. The van der Waals surface area contributed by atoms with Gasteiger partial charge in [0, 0.05) is 11.1 Å². The third-order valence-electron chi connectivity index (χ3n) is 9.45. The van der Waals surface area contributed by atoms with E-state index in [1.54, 1.807) is 0 Å². The Bertz CT molecular complexity index is 1890. The average Bonchev–Trinajstić information content (AvgIpc) is 2.97. The molecule has 3 nitrogen and oxygen atoms in total. The van der Waals surface area contributed by atoms with E-state index in [9.17, 15) is 0 Å². The monoisotopic (exact) mass is 690 g/mol. The summed E-state index contributed by atoms with van der Waals surface area (Å²) in [6.07, 6.45) is 0. The van der Waals surface area contributed by atoms with Gasteiger partial charge >= 0.3 is 8.60 Å². The van der Waals surface area contributed by atoms with Crippen molar-refractivity contribution in [2.24, 2.45) is 0 Å². The quantitative estimate of drug-likeness (QED) is 0.166. The van der Waals surface area contributed by atoms with E-state index in [4.69, 9.17) is 13.6 Å². The number of rotatable bonds is 6. The summed E-state index contributed by atoms with van der Waals surface area (Å²) in [5, 5.41) is 4.67. The highest BCUT2D eigenvalue weighted by Gasteiger charge is 2.30. The summed E-state index contributed by atoms with van der Waals surface area (Å²) in [6, 6.07) is 30.7. The molecule has 0 heterocycles.